The van der Waals surface area contributed by atoms with Crippen molar-refractivity contribution in [2.75, 3.05) is 26.2 Å². The molecule has 6 heteroatoms. The molecular formula is C28H29FN4O. The molecule has 4 aromatic rings. The zero-order chi connectivity index (χ0) is 23.5. The number of fused-ring (bicyclic) bond motifs is 1. The number of carbonyl (C=O) groups excluding carboxylic acids is 1. The molecule has 2 aromatic heterocycles. The third-order valence-electron chi connectivity index (χ3n) is 6.75. The number of carbonyl (C=O) groups is 1. The summed E-state index contributed by atoms with van der Waals surface area (Å²) < 4.78 is 16.9. The van der Waals surface area contributed by atoms with Crippen LogP contribution in [-0.4, -0.2) is 51.3 Å². The van der Waals surface area contributed by atoms with E-state index in [0.29, 0.717) is 18.7 Å². The summed E-state index contributed by atoms with van der Waals surface area (Å²) in [4.78, 5) is 22.3. The van der Waals surface area contributed by atoms with E-state index in [-0.39, 0.29) is 18.1 Å². The third kappa shape index (κ3) is 4.59. The van der Waals surface area contributed by atoms with Gasteiger partial charge in [0.1, 0.15) is 11.5 Å². The highest BCUT2D eigenvalue weighted by atomic mass is 19.1. The fourth-order valence-corrected chi connectivity index (χ4v) is 4.86. The highest BCUT2D eigenvalue weighted by Gasteiger charge is 2.28. The third-order valence-corrected chi connectivity index (χ3v) is 6.75. The molecule has 0 aliphatic carbocycles. The predicted octanol–water partition coefficient (Wildman–Crippen LogP) is 4.65. The summed E-state index contributed by atoms with van der Waals surface area (Å²) in [5, 5.41) is 0. The smallest absolute Gasteiger partial charge is 0.223 e. The second kappa shape index (κ2) is 9.77. The molecule has 0 bridgehead atoms. The van der Waals surface area contributed by atoms with Crippen molar-refractivity contribution in [3.63, 3.8) is 0 Å². The van der Waals surface area contributed by atoms with Gasteiger partial charge in [0.2, 0.25) is 5.91 Å². The minimum absolute atomic E-state index is 0.0511. The lowest BCUT2D eigenvalue weighted by atomic mass is 9.91. The summed E-state index contributed by atoms with van der Waals surface area (Å²) in [6, 6.07) is 21.1. The standard InChI is InChI=1S/C28H29FN4O/c1-21-8-7-13-33-26(19-30-28(21)33)24(23-11-5-6-12-25(23)29)18-27(34)32-16-14-31(15-17-32)20-22-9-3-2-4-10-22/h2-13,19,24H,14-18,20H2,1H3. The molecule has 0 radical (unpaired) electrons. The van der Waals surface area contributed by atoms with E-state index in [1.54, 1.807) is 18.3 Å². The number of hydrogen-bond acceptors (Lipinski definition) is 3. The minimum atomic E-state index is -0.409. The largest absolute Gasteiger partial charge is 0.340 e. The molecule has 3 heterocycles. The van der Waals surface area contributed by atoms with Crippen LogP contribution in [0.15, 0.2) is 79.1 Å². The van der Waals surface area contributed by atoms with Gasteiger partial charge in [0.05, 0.1) is 5.69 Å². The second-order valence-corrected chi connectivity index (χ2v) is 8.99. The van der Waals surface area contributed by atoms with E-state index in [0.717, 1.165) is 36.5 Å². The Morgan fingerprint density at radius 1 is 0.971 bits per heavy atom. The molecule has 34 heavy (non-hydrogen) atoms. The van der Waals surface area contributed by atoms with Crippen molar-refractivity contribution in [3.8, 4) is 0 Å². The Kier molecular flexibility index (Phi) is 6.41. The number of benzene rings is 2. The van der Waals surface area contributed by atoms with E-state index in [1.807, 2.05) is 46.7 Å². The van der Waals surface area contributed by atoms with Crippen LogP contribution in [0.3, 0.4) is 0 Å². The molecule has 1 saturated heterocycles. The second-order valence-electron chi connectivity index (χ2n) is 8.99. The first-order valence-corrected chi connectivity index (χ1v) is 11.8. The predicted molar refractivity (Wildman–Crippen MR) is 131 cm³/mol. The zero-order valence-electron chi connectivity index (χ0n) is 19.4. The highest BCUT2D eigenvalue weighted by Crippen LogP contribution is 2.32. The van der Waals surface area contributed by atoms with Crippen LogP contribution in [-0.2, 0) is 11.3 Å². The first-order valence-electron chi connectivity index (χ1n) is 11.8. The maximum absolute atomic E-state index is 14.9. The fraction of sp³-hybridized carbons (Fsp3) is 0.286. The van der Waals surface area contributed by atoms with Crippen molar-refractivity contribution >= 4 is 11.6 Å². The van der Waals surface area contributed by atoms with E-state index in [9.17, 15) is 9.18 Å². The molecule has 1 amide bonds. The Hall–Kier alpha value is -3.51. The molecule has 1 aliphatic rings. The average molecular weight is 457 g/mol. The molecule has 1 aliphatic heterocycles. The normalized spacial score (nSPS) is 15.5. The monoisotopic (exact) mass is 456 g/mol. The Morgan fingerprint density at radius 3 is 2.47 bits per heavy atom. The van der Waals surface area contributed by atoms with Gasteiger partial charge in [-0.25, -0.2) is 9.37 Å². The number of pyridine rings is 1. The minimum Gasteiger partial charge on any atom is -0.340 e. The first kappa shape index (κ1) is 22.3. The summed E-state index contributed by atoms with van der Waals surface area (Å²) in [6.07, 6.45) is 3.93. The Labute approximate surface area is 199 Å². The van der Waals surface area contributed by atoms with Gasteiger partial charge < -0.3 is 9.30 Å². The van der Waals surface area contributed by atoms with Crippen LogP contribution in [0.1, 0.15) is 34.7 Å². The molecule has 5 rings (SSSR count). The van der Waals surface area contributed by atoms with Gasteiger partial charge in [-0.3, -0.25) is 9.69 Å². The zero-order valence-corrected chi connectivity index (χ0v) is 19.4. The maximum atomic E-state index is 14.9. The van der Waals surface area contributed by atoms with Crippen molar-refractivity contribution in [1.82, 2.24) is 19.2 Å². The SMILES string of the molecule is Cc1cccn2c(C(CC(=O)N3CCN(Cc4ccccc4)CC3)c3ccccc3F)cnc12. The number of piperazine rings is 1. The Bertz CT molecular complexity index is 1280. The highest BCUT2D eigenvalue weighted by molar-refractivity contribution is 5.78. The molecule has 2 aromatic carbocycles. The van der Waals surface area contributed by atoms with Gasteiger partial charge in [-0.1, -0.05) is 54.6 Å². The molecule has 1 fully saturated rings. The lowest BCUT2D eigenvalue weighted by Gasteiger charge is -2.35. The molecule has 0 spiro atoms. The molecular weight excluding hydrogens is 427 g/mol. The summed E-state index contributed by atoms with van der Waals surface area (Å²) in [6.45, 7) is 5.93. The van der Waals surface area contributed by atoms with Crippen LogP contribution >= 0.6 is 0 Å². The molecule has 0 saturated carbocycles. The van der Waals surface area contributed by atoms with Crippen molar-refractivity contribution in [3.05, 3.63) is 107 Å². The Morgan fingerprint density at radius 2 is 1.71 bits per heavy atom. The van der Waals surface area contributed by atoms with Gasteiger partial charge in [-0.2, -0.15) is 0 Å². The van der Waals surface area contributed by atoms with Crippen LogP contribution in [0.25, 0.3) is 5.65 Å². The van der Waals surface area contributed by atoms with E-state index in [4.69, 9.17) is 0 Å². The van der Waals surface area contributed by atoms with Gasteiger partial charge in [0.25, 0.3) is 0 Å². The summed E-state index contributed by atoms with van der Waals surface area (Å²) in [5.74, 6) is -0.654. The summed E-state index contributed by atoms with van der Waals surface area (Å²) in [5.41, 5.74) is 4.52. The van der Waals surface area contributed by atoms with Gasteiger partial charge in [0, 0.05) is 57.5 Å². The van der Waals surface area contributed by atoms with Gasteiger partial charge >= 0.3 is 0 Å². The van der Waals surface area contributed by atoms with Crippen LogP contribution in [0.4, 0.5) is 4.39 Å². The van der Waals surface area contributed by atoms with E-state index < -0.39 is 5.92 Å². The molecule has 174 valence electrons. The summed E-state index contributed by atoms with van der Waals surface area (Å²) in [7, 11) is 0. The van der Waals surface area contributed by atoms with Crippen LogP contribution in [0.2, 0.25) is 0 Å². The topological polar surface area (TPSA) is 40.9 Å². The van der Waals surface area contributed by atoms with Crippen molar-refractivity contribution in [2.24, 2.45) is 0 Å². The number of rotatable bonds is 6. The van der Waals surface area contributed by atoms with Crippen LogP contribution in [0.5, 0.6) is 0 Å². The van der Waals surface area contributed by atoms with Gasteiger partial charge in [0.15, 0.2) is 0 Å². The number of hydrogen-bond donors (Lipinski definition) is 0. The van der Waals surface area contributed by atoms with Gasteiger partial charge in [-0.05, 0) is 35.7 Å². The quantitative estimate of drug-likeness (QED) is 0.424. The van der Waals surface area contributed by atoms with Crippen molar-refractivity contribution < 1.29 is 9.18 Å². The number of imidazole rings is 1. The van der Waals surface area contributed by atoms with Crippen LogP contribution in [0, 0.1) is 12.7 Å². The lowest BCUT2D eigenvalue weighted by molar-refractivity contribution is -0.133. The van der Waals surface area contributed by atoms with E-state index in [2.05, 4.69) is 34.1 Å². The van der Waals surface area contributed by atoms with Crippen LogP contribution < -0.4 is 0 Å². The van der Waals surface area contributed by atoms with Crippen molar-refractivity contribution in [2.45, 2.75) is 25.8 Å². The molecule has 0 N–H and O–H groups in total. The number of amides is 1. The average Bonchev–Trinajstić information content (AvgIpc) is 3.29. The molecule has 5 nitrogen and oxygen atoms in total. The van der Waals surface area contributed by atoms with Gasteiger partial charge in [-0.15, -0.1) is 0 Å². The number of halogens is 1. The Balaban J connectivity index is 1.34. The van der Waals surface area contributed by atoms with E-state index >= 15 is 0 Å². The lowest BCUT2D eigenvalue weighted by Crippen LogP contribution is -2.48. The summed E-state index contributed by atoms with van der Waals surface area (Å²) >= 11 is 0. The first-order chi connectivity index (χ1) is 16.6. The molecule has 1 unspecified atom stereocenters. The maximum Gasteiger partial charge on any atom is 0.223 e. The number of aryl methyl sites for hydroxylation is 1. The fourth-order valence-electron chi connectivity index (χ4n) is 4.86. The van der Waals surface area contributed by atoms with E-state index in [1.165, 1.54) is 11.6 Å². The number of aromatic nitrogens is 2. The van der Waals surface area contributed by atoms with Crippen molar-refractivity contribution in [1.29, 1.82) is 0 Å². The molecule has 1 atom stereocenters. The number of nitrogens with zero attached hydrogens (tertiary/aromatic N) is 4.